The molecule has 1 aromatic heterocycles. The van der Waals surface area contributed by atoms with Gasteiger partial charge < -0.3 is 10.1 Å². The van der Waals surface area contributed by atoms with Crippen molar-refractivity contribution in [1.82, 2.24) is 0 Å². The van der Waals surface area contributed by atoms with E-state index in [1.165, 1.54) is 24.5 Å². The van der Waals surface area contributed by atoms with E-state index in [4.69, 9.17) is 16.3 Å². The summed E-state index contributed by atoms with van der Waals surface area (Å²) in [5, 5.41) is 3.85. The normalized spacial score (nSPS) is 10.9. The Morgan fingerprint density at radius 1 is 1.17 bits per heavy atom. The number of thiophene rings is 1. The lowest BCUT2D eigenvalue weighted by molar-refractivity contribution is -0.111. The summed E-state index contributed by atoms with van der Waals surface area (Å²) in [5.41, 5.74) is 2.78. The van der Waals surface area contributed by atoms with Crippen molar-refractivity contribution in [3.63, 3.8) is 0 Å². The number of ether oxygens (including phenoxy) is 1. The van der Waals surface area contributed by atoms with Crippen LogP contribution in [-0.2, 0) is 9.53 Å². The monoisotopic (exact) mass is 489 g/mol. The van der Waals surface area contributed by atoms with E-state index < -0.39 is 5.97 Å². The number of benzene rings is 2. The quantitative estimate of drug-likeness (QED) is 0.325. The molecule has 1 N–H and O–H groups in total. The Morgan fingerprint density at radius 2 is 1.90 bits per heavy atom. The van der Waals surface area contributed by atoms with Crippen LogP contribution in [0.15, 0.2) is 59.1 Å². The number of hydrogen-bond donors (Lipinski definition) is 1. The Hall–Kier alpha value is -2.41. The average Bonchev–Trinajstić information content (AvgIpc) is 3.02. The van der Waals surface area contributed by atoms with Crippen LogP contribution in [0.5, 0.6) is 0 Å². The van der Waals surface area contributed by atoms with Gasteiger partial charge in [0.1, 0.15) is 10.6 Å². The fourth-order valence-corrected chi connectivity index (χ4v) is 4.36. The van der Waals surface area contributed by atoms with Gasteiger partial charge in [0, 0.05) is 26.0 Å². The highest BCUT2D eigenvalue weighted by atomic mass is 79.9. The Bertz CT molecular complexity index is 1090. The standard InChI is InChI=1S/C22H17BrClNO3S/c1-13-19(15-7-9-16(23)10-8-15)20(22(27)28-2)21(29-13)25-18(26)11-6-14-4-3-5-17(24)12-14/h3-12H,1-2H3,(H,25,26)/b11-6+. The number of carbonyl (C=O) groups is 2. The van der Waals surface area contributed by atoms with Gasteiger partial charge in [0.2, 0.25) is 5.91 Å². The van der Waals surface area contributed by atoms with Crippen molar-refractivity contribution in [2.75, 3.05) is 12.4 Å². The predicted molar refractivity (Wildman–Crippen MR) is 123 cm³/mol. The Kier molecular flexibility index (Phi) is 6.90. The van der Waals surface area contributed by atoms with E-state index in [0.29, 0.717) is 15.6 Å². The van der Waals surface area contributed by atoms with E-state index in [1.54, 1.807) is 18.2 Å². The second kappa shape index (κ2) is 9.39. The van der Waals surface area contributed by atoms with Crippen LogP contribution < -0.4 is 5.32 Å². The summed E-state index contributed by atoms with van der Waals surface area (Å²) in [6.45, 7) is 1.91. The molecule has 0 saturated heterocycles. The number of anilines is 1. The topological polar surface area (TPSA) is 55.4 Å². The van der Waals surface area contributed by atoms with E-state index in [0.717, 1.165) is 26.0 Å². The lowest BCUT2D eigenvalue weighted by Crippen LogP contribution is -2.11. The predicted octanol–water partition coefficient (Wildman–Crippen LogP) is 6.58. The lowest BCUT2D eigenvalue weighted by Gasteiger charge is -2.07. The first-order valence-electron chi connectivity index (χ1n) is 8.61. The molecule has 0 aliphatic heterocycles. The molecule has 0 fully saturated rings. The van der Waals surface area contributed by atoms with E-state index in [1.807, 2.05) is 43.3 Å². The zero-order valence-corrected chi connectivity index (χ0v) is 18.8. The summed E-state index contributed by atoms with van der Waals surface area (Å²) < 4.78 is 5.91. The third-order valence-corrected chi connectivity index (χ3v) is 5.90. The smallest absolute Gasteiger partial charge is 0.341 e. The first-order valence-corrected chi connectivity index (χ1v) is 10.6. The minimum Gasteiger partial charge on any atom is -0.465 e. The van der Waals surface area contributed by atoms with Crippen LogP contribution in [-0.4, -0.2) is 19.0 Å². The molecule has 0 aliphatic carbocycles. The minimum atomic E-state index is -0.499. The second-order valence-electron chi connectivity index (χ2n) is 6.11. The molecule has 0 saturated carbocycles. The van der Waals surface area contributed by atoms with Gasteiger partial charge in [-0.25, -0.2) is 4.79 Å². The highest BCUT2D eigenvalue weighted by Gasteiger charge is 2.24. The molecule has 0 unspecified atom stereocenters. The molecule has 0 aliphatic rings. The molecule has 0 bridgehead atoms. The van der Waals surface area contributed by atoms with Gasteiger partial charge in [-0.3, -0.25) is 4.79 Å². The maximum absolute atomic E-state index is 12.5. The summed E-state index contributed by atoms with van der Waals surface area (Å²) in [4.78, 5) is 25.9. The highest BCUT2D eigenvalue weighted by Crippen LogP contribution is 2.40. The number of nitrogens with one attached hydrogen (secondary N) is 1. The van der Waals surface area contributed by atoms with Gasteiger partial charge in [-0.05, 0) is 48.4 Å². The van der Waals surface area contributed by atoms with E-state index >= 15 is 0 Å². The number of carbonyl (C=O) groups excluding carboxylic acids is 2. The van der Waals surface area contributed by atoms with Gasteiger partial charge in [0.15, 0.2) is 0 Å². The van der Waals surface area contributed by atoms with Crippen LogP contribution in [0.1, 0.15) is 20.8 Å². The van der Waals surface area contributed by atoms with Crippen LogP contribution in [0, 0.1) is 6.92 Å². The van der Waals surface area contributed by atoms with Crippen molar-refractivity contribution >= 4 is 61.8 Å². The molecule has 0 radical (unpaired) electrons. The first-order chi connectivity index (χ1) is 13.9. The zero-order chi connectivity index (χ0) is 21.0. The van der Waals surface area contributed by atoms with Crippen molar-refractivity contribution in [1.29, 1.82) is 0 Å². The van der Waals surface area contributed by atoms with Crippen LogP contribution in [0.2, 0.25) is 5.02 Å². The third-order valence-electron chi connectivity index (χ3n) is 4.12. The number of methoxy groups -OCH3 is 1. The molecule has 3 aromatic rings. The molecular weight excluding hydrogens is 474 g/mol. The number of hydrogen-bond acceptors (Lipinski definition) is 4. The first kappa shape index (κ1) is 21.3. The van der Waals surface area contributed by atoms with Gasteiger partial charge in [-0.15, -0.1) is 11.3 Å². The average molecular weight is 491 g/mol. The fraction of sp³-hybridized carbons (Fsp3) is 0.0909. The third kappa shape index (κ3) is 5.15. The van der Waals surface area contributed by atoms with E-state index in [2.05, 4.69) is 21.2 Å². The molecular formula is C22H17BrClNO3S. The molecule has 29 heavy (non-hydrogen) atoms. The largest absolute Gasteiger partial charge is 0.465 e. The van der Waals surface area contributed by atoms with Crippen LogP contribution in [0.4, 0.5) is 5.00 Å². The maximum Gasteiger partial charge on any atom is 0.341 e. The van der Waals surface area contributed by atoms with Gasteiger partial charge in [0.05, 0.1) is 7.11 Å². The maximum atomic E-state index is 12.5. The van der Waals surface area contributed by atoms with Crippen molar-refractivity contribution in [3.8, 4) is 11.1 Å². The van der Waals surface area contributed by atoms with Crippen molar-refractivity contribution in [2.45, 2.75) is 6.92 Å². The molecule has 0 atom stereocenters. The van der Waals surface area contributed by atoms with Crippen LogP contribution in [0.25, 0.3) is 17.2 Å². The number of rotatable bonds is 5. The summed E-state index contributed by atoms with van der Waals surface area (Å²) in [6.07, 6.45) is 3.07. The molecule has 4 nitrogen and oxygen atoms in total. The molecule has 2 aromatic carbocycles. The lowest BCUT2D eigenvalue weighted by atomic mass is 10.0. The number of halogens is 2. The van der Waals surface area contributed by atoms with Gasteiger partial charge in [-0.2, -0.15) is 0 Å². The SMILES string of the molecule is COC(=O)c1c(NC(=O)/C=C/c2cccc(Cl)c2)sc(C)c1-c1ccc(Br)cc1. The number of amides is 1. The van der Waals surface area contributed by atoms with Crippen molar-refractivity contribution < 1.29 is 14.3 Å². The molecule has 0 spiro atoms. The van der Waals surface area contributed by atoms with Crippen molar-refractivity contribution in [3.05, 3.63) is 80.1 Å². The molecule has 7 heteroatoms. The van der Waals surface area contributed by atoms with Crippen molar-refractivity contribution in [2.24, 2.45) is 0 Å². The summed E-state index contributed by atoms with van der Waals surface area (Å²) in [5.74, 6) is -0.847. The van der Waals surface area contributed by atoms with E-state index in [9.17, 15) is 9.59 Å². The second-order valence-corrected chi connectivity index (χ2v) is 8.69. The molecule has 1 heterocycles. The highest BCUT2D eigenvalue weighted by molar-refractivity contribution is 9.10. The Labute approximate surface area is 186 Å². The molecule has 148 valence electrons. The zero-order valence-electron chi connectivity index (χ0n) is 15.7. The summed E-state index contributed by atoms with van der Waals surface area (Å²) in [6, 6.07) is 14.8. The molecule has 1 amide bonds. The number of aryl methyl sites for hydroxylation is 1. The van der Waals surface area contributed by atoms with Gasteiger partial charge >= 0.3 is 5.97 Å². The molecule has 3 rings (SSSR count). The van der Waals surface area contributed by atoms with Gasteiger partial charge in [0.25, 0.3) is 0 Å². The van der Waals surface area contributed by atoms with Crippen LogP contribution >= 0.6 is 38.9 Å². The van der Waals surface area contributed by atoms with Gasteiger partial charge in [-0.1, -0.05) is 51.8 Å². The fourth-order valence-electron chi connectivity index (χ4n) is 2.83. The number of esters is 1. The van der Waals surface area contributed by atoms with E-state index in [-0.39, 0.29) is 5.91 Å². The Balaban J connectivity index is 1.92. The van der Waals surface area contributed by atoms with Crippen LogP contribution in [0.3, 0.4) is 0 Å². The Morgan fingerprint density at radius 3 is 2.55 bits per heavy atom. The summed E-state index contributed by atoms with van der Waals surface area (Å²) in [7, 11) is 1.32. The summed E-state index contributed by atoms with van der Waals surface area (Å²) >= 11 is 10.7. The minimum absolute atomic E-state index is 0.348.